The number of hydrogen-bond donors (Lipinski definition) is 1. The van der Waals surface area contributed by atoms with Gasteiger partial charge in [0.05, 0.1) is 0 Å². The number of aromatic nitrogens is 1. The summed E-state index contributed by atoms with van der Waals surface area (Å²) in [6.45, 7) is 4.06. The molecule has 1 aromatic carbocycles. The van der Waals surface area contributed by atoms with Crippen molar-refractivity contribution in [2.45, 2.75) is 29.8 Å². The van der Waals surface area contributed by atoms with Gasteiger partial charge in [-0.1, -0.05) is 30.0 Å². The van der Waals surface area contributed by atoms with E-state index in [9.17, 15) is 0 Å². The maximum absolute atomic E-state index is 5.87. The quantitative estimate of drug-likeness (QED) is 0.897. The number of hydrogen-bond acceptors (Lipinski definition) is 3. The third-order valence-electron chi connectivity index (χ3n) is 2.58. The minimum absolute atomic E-state index is 0.0401. The molecule has 0 radical (unpaired) electrons. The molecular formula is C14H16N2S. The molecule has 1 heterocycles. The summed E-state index contributed by atoms with van der Waals surface area (Å²) < 4.78 is 0. The van der Waals surface area contributed by atoms with Gasteiger partial charge in [0.25, 0.3) is 0 Å². The maximum atomic E-state index is 5.87. The van der Waals surface area contributed by atoms with Crippen molar-refractivity contribution in [1.82, 2.24) is 4.98 Å². The SMILES string of the molecule is Cc1cc(Sc2ccccc2)ncc1[C@@H](C)N. The molecule has 0 aliphatic carbocycles. The number of benzene rings is 1. The Morgan fingerprint density at radius 1 is 1.24 bits per heavy atom. The summed E-state index contributed by atoms with van der Waals surface area (Å²) in [5.41, 5.74) is 8.19. The Kier molecular flexibility index (Phi) is 3.82. The summed E-state index contributed by atoms with van der Waals surface area (Å²) in [5.74, 6) is 0. The average molecular weight is 244 g/mol. The molecule has 1 atom stereocenters. The van der Waals surface area contributed by atoms with E-state index in [1.165, 1.54) is 10.5 Å². The van der Waals surface area contributed by atoms with E-state index < -0.39 is 0 Å². The fraction of sp³-hybridized carbons (Fsp3) is 0.214. The molecule has 0 aliphatic rings. The Balaban J connectivity index is 2.21. The molecule has 0 unspecified atom stereocenters. The number of nitrogens with zero attached hydrogens (tertiary/aromatic N) is 1. The lowest BCUT2D eigenvalue weighted by atomic mass is 10.1. The van der Waals surface area contributed by atoms with E-state index in [4.69, 9.17) is 5.73 Å². The minimum Gasteiger partial charge on any atom is -0.324 e. The van der Waals surface area contributed by atoms with Crippen molar-refractivity contribution in [2.75, 3.05) is 0 Å². The van der Waals surface area contributed by atoms with Gasteiger partial charge < -0.3 is 5.73 Å². The third kappa shape index (κ3) is 3.08. The van der Waals surface area contributed by atoms with Crippen LogP contribution in [0.4, 0.5) is 0 Å². The van der Waals surface area contributed by atoms with Crippen molar-refractivity contribution in [2.24, 2.45) is 5.73 Å². The summed E-state index contributed by atoms with van der Waals surface area (Å²) in [4.78, 5) is 5.64. The summed E-state index contributed by atoms with van der Waals surface area (Å²) in [7, 11) is 0. The Morgan fingerprint density at radius 3 is 2.53 bits per heavy atom. The second kappa shape index (κ2) is 5.34. The van der Waals surface area contributed by atoms with Gasteiger partial charge in [-0.15, -0.1) is 0 Å². The van der Waals surface area contributed by atoms with Crippen LogP contribution in [0.1, 0.15) is 24.1 Å². The standard InChI is InChI=1S/C14H16N2S/c1-10-8-14(16-9-13(10)11(2)15)17-12-6-4-3-5-7-12/h3-9,11H,15H2,1-2H3/t11-/m1/s1. The van der Waals surface area contributed by atoms with E-state index in [0.717, 1.165) is 10.6 Å². The van der Waals surface area contributed by atoms with E-state index in [1.807, 2.05) is 31.3 Å². The van der Waals surface area contributed by atoms with Gasteiger partial charge in [-0.3, -0.25) is 0 Å². The van der Waals surface area contributed by atoms with Gasteiger partial charge in [-0.05, 0) is 43.2 Å². The summed E-state index contributed by atoms with van der Waals surface area (Å²) in [5, 5.41) is 1.01. The second-order valence-corrected chi connectivity index (χ2v) is 5.18. The van der Waals surface area contributed by atoms with Crippen LogP contribution in [-0.4, -0.2) is 4.98 Å². The number of pyridine rings is 1. The van der Waals surface area contributed by atoms with Crippen molar-refractivity contribution in [3.63, 3.8) is 0 Å². The molecule has 3 heteroatoms. The molecule has 17 heavy (non-hydrogen) atoms. The third-order valence-corrected chi connectivity index (χ3v) is 3.52. The van der Waals surface area contributed by atoms with E-state index in [2.05, 4.69) is 30.1 Å². The topological polar surface area (TPSA) is 38.9 Å². The van der Waals surface area contributed by atoms with Crippen LogP contribution in [0.5, 0.6) is 0 Å². The number of rotatable bonds is 3. The van der Waals surface area contributed by atoms with Gasteiger partial charge in [-0.25, -0.2) is 4.98 Å². The van der Waals surface area contributed by atoms with Crippen LogP contribution in [0.2, 0.25) is 0 Å². The van der Waals surface area contributed by atoms with Crippen LogP contribution < -0.4 is 5.73 Å². The highest BCUT2D eigenvalue weighted by Gasteiger charge is 2.06. The molecule has 1 aromatic heterocycles. The van der Waals surface area contributed by atoms with Crippen molar-refractivity contribution >= 4 is 11.8 Å². The zero-order valence-corrected chi connectivity index (χ0v) is 10.9. The van der Waals surface area contributed by atoms with E-state index in [1.54, 1.807) is 11.8 Å². The molecule has 88 valence electrons. The number of nitrogens with two attached hydrogens (primary N) is 1. The molecular weight excluding hydrogens is 228 g/mol. The molecule has 2 rings (SSSR count). The van der Waals surface area contributed by atoms with Gasteiger partial charge in [0.15, 0.2) is 0 Å². The molecule has 0 saturated carbocycles. The molecule has 0 fully saturated rings. The molecule has 2 N–H and O–H groups in total. The van der Waals surface area contributed by atoms with E-state index in [-0.39, 0.29) is 6.04 Å². The van der Waals surface area contributed by atoms with Crippen LogP contribution in [0.15, 0.2) is 52.5 Å². The van der Waals surface area contributed by atoms with Crippen molar-refractivity contribution in [3.05, 3.63) is 53.7 Å². The Morgan fingerprint density at radius 2 is 1.94 bits per heavy atom. The van der Waals surface area contributed by atoms with Crippen LogP contribution >= 0.6 is 11.8 Å². The molecule has 0 spiro atoms. The number of aryl methyl sites for hydroxylation is 1. The summed E-state index contributed by atoms with van der Waals surface area (Å²) >= 11 is 1.67. The molecule has 0 saturated heterocycles. The van der Waals surface area contributed by atoms with Gasteiger partial charge in [0.2, 0.25) is 0 Å². The summed E-state index contributed by atoms with van der Waals surface area (Å²) in [6, 6.07) is 12.4. The second-order valence-electron chi connectivity index (χ2n) is 4.08. The van der Waals surface area contributed by atoms with E-state index >= 15 is 0 Å². The Labute approximate surface area is 106 Å². The highest BCUT2D eigenvalue weighted by atomic mass is 32.2. The van der Waals surface area contributed by atoms with Crippen LogP contribution in [0.3, 0.4) is 0 Å². The van der Waals surface area contributed by atoms with Crippen molar-refractivity contribution in [1.29, 1.82) is 0 Å². The first-order chi connectivity index (χ1) is 8.16. The lowest BCUT2D eigenvalue weighted by molar-refractivity contribution is 0.796. The summed E-state index contributed by atoms with van der Waals surface area (Å²) in [6.07, 6.45) is 1.88. The fourth-order valence-corrected chi connectivity index (χ4v) is 2.56. The van der Waals surface area contributed by atoms with E-state index in [0.29, 0.717) is 0 Å². The highest BCUT2D eigenvalue weighted by Crippen LogP contribution is 2.27. The van der Waals surface area contributed by atoms with Crippen LogP contribution in [0, 0.1) is 6.92 Å². The Bertz CT molecular complexity index is 495. The smallest absolute Gasteiger partial charge is 0.101 e. The van der Waals surface area contributed by atoms with Gasteiger partial charge in [0.1, 0.15) is 5.03 Å². The predicted molar refractivity (Wildman–Crippen MR) is 72.1 cm³/mol. The first-order valence-electron chi connectivity index (χ1n) is 5.62. The largest absolute Gasteiger partial charge is 0.324 e. The van der Waals surface area contributed by atoms with Crippen LogP contribution in [0.25, 0.3) is 0 Å². The molecule has 2 aromatic rings. The average Bonchev–Trinajstić information content (AvgIpc) is 2.30. The minimum atomic E-state index is 0.0401. The zero-order valence-electron chi connectivity index (χ0n) is 10.1. The van der Waals surface area contributed by atoms with Gasteiger partial charge in [0, 0.05) is 17.1 Å². The lowest BCUT2D eigenvalue weighted by Crippen LogP contribution is -2.07. The Hall–Kier alpha value is -1.32. The fourth-order valence-electron chi connectivity index (χ4n) is 1.68. The lowest BCUT2D eigenvalue weighted by Gasteiger charge is -2.10. The van der Waals surface area contributed by atoms with Gasteiger partial charge in [-0.2, -0.15) is 0 Å². The van der Waals surface area contributed by atoms with Crippen molar-refractivity contribution in [3.8, 4) is 0 Å². The highest BCUT2D eigenvalue weighted by molar-refractivity contribution is 7.99. The first-order valence-corrected chi connectivity index (χ1v) is 6.43. The monoisotopic (exact) mass is 244 g/mol. The molecule has 0 bridgehead atoms. The molecule has 0 amide bonds. The van der Waals surface area contributed by atoms with Crippen LogP contribution in [-0.2, 0) is 0 Å². The molecule has 0 aliphatic heterocycles. The first kappa shape index (κ1) is 12.1. The maximum Gasteiger partial charge on any atom is 0.101 e. The normalized spacial score (nSPS) is 12.4. The predicted octanol–water partition coefficient (Wildman–Crippen LogP) is 3.56. The zero-order chi connectivity index (χ0) is 12.3. The van der Waals surface area contributed by atoms with Gasteiger partial charge >= 0.3 is 0 Å². The van der Waals surface area contributed by atoms with Crippen molar-refractivity contribution < 1.29 is 0 Å². The molecule has 2 nitrogen and oxygen atoms in total.